The molecule has 0 amide bonds. The number of fused-ring (bicyclic) bond motifs is 1. The van der Waals surface area contributed by atoms with Crippen LogP contribution < -0.4 is 5.73 Å². The van der Waals surface area contributed by atoms with E-state index in [1.54, 1.807) is 12.4 Å². The highest BCUT2D eigenvalue weighted by Gasteiger charge is 2.14. The maximum Gasteiger partial charge on any atom is 0.123 e. The number of nitrogens with zero attached hydrogens (tertiary/aromatic N) is 2. The fourth-order valence-corrected chi connectivity index (χ4v) is 2.84. The zero-order valence-electron chi connectivity index (χ0n) is 12.5. The van der Waals surface area contributed by atoms with E-state index in [0.717, 1.165) is 29.0 Å². The van der Waals surface area contributed by atoms with Crippen molar-refractivity contribution in [3.63, 3.8) is 0 Å². The normalized spacial score (nSPS) is 12.6. The van der Waals surface area contributed by atoms with Crippen LogP contribution in [0.3, 0.4) is 0 Å². The molecule has 1 unspecified atom stereocenters. The minimum Gasteiger partial charge on any atom is -0.361 e. The number of pyridine rings is 1. The number of benzene rings is 1. The largest absolute Gasteiger partial charge is 0.361 e. The van der Waals surface area contributed by atoms with Crippen molar-refractivity contribution in [3.8, 4) is 11.3 Å². The fraction of sp³-hybridized carbons (Fsp3) is 0.111. The fourth-order valence-electron chi connectivity index (χ4n) is 2.84. The van der Waals surface area contributed by atoms with Gasteiger partial charge in [-0.2, -0.15) is 0 Å². The van der Waals surface area contributed by atoms with E-state index in [2.05, 4.69) is 32.1 Å². The number of nitrogens with one attached hydrogen (secondary N) is 2. The SMILES string of the molecule is NC(Cc1c[nH]c2ccccc12)c1ncc(-c2ccncc2)[nH]1. The number of H-pyrrole nitrogens is 2. The molecule has 1 atom stereocenters. The Morgan fingerprint density at radius 2 is 1.91 bits per heavy atom. The highest BCUT2D eigenvalue weighted by atomic mass is 15.0. The molecule has 1 aromatic carbocycles. The summed E-state index contributed by atoms with van der Waals surface area (Å²) in [4.78, 5) is 15.1. The first-order valence-electron chi connectivity index (χ1n) is 7.57. The van der Waals surface area contributed by atoms with Gasteiger partial charge >= 0.3 is 0 Å². The number of aromatic amines is 2. The lowest BCUT2D eigenvalue weighted by atomic mass is 10.1. The first-order chi connectivity index (χ1) is 11.3. The van der Waals surface area contributed by atoms with Crippen molar-refractivity contribution in [2.24, 2.45) is 5.73 Å². The zero-order chi connectivity index (χ0) is 15.6. The Bertz CT molecular complexity index is 923. The molecule has 0 saturated carbocycles. The van der Waals surface area contributed by atoms with Gasteiger partial charge in [0.1, 0.15) is 5.82 Å². The van der Waals surface area contributed by atoms with Gasteiger partial charge < -0.3 is 15.7 Å². The first-order valence-corrected chi connectivity index (χ1v) is 7.57. The van der Waals surface area contributed by atoms with Gasteiger partial charge in [0, 0.05) is 35.1 Å². The Hall–Kier alpha value is -2.92. The summed E-state index contributed by atoms with van der Waals surface area (Å²) in [5.74, 6) is 0.794. The number of imidazole rings is 1. The molecule has 0 saturated heterocycles. The Balaban J connectivity index is 1.58. The van der Waals surface area contributed by atoms with Gasteiger partial charge in [0.05, 0.1) is 17.9 Å². The van der Waals surface area contributed by atoms with Gasteiger partial charge in [0.15, 0.2) is 0 Å². The van der Waals surface area contributed by atoms with Crippen molar-refractivity contribution >= 4 is 10.9 Å². The zero-order valence-corrected chi connectivity index (χ0v) is 12.5. The summed E-state index contributed by atoms with van der Waals surface area (Å²) in [6, 6.07) is 12.0. The molecule has 4 N–H and O–H groups in total. The van der Waals surface area contributed by atoms with E-state index < -0.39 is 0 Å². The molecule has 0 aliphatic carbocycles. The molecular weight excluding hydrogens is 286 g/mol. The maximum atomic E-state index is 6.35. The average Bonchev–Trinajstić information content (AvgIpc) is 3.24. The molecule has 5 heteroatoms. The summed E-state index contributed by atoms with van der Waals surface area (Å²) in [6.07, 6.45) is 8.10. The van der Waals surface area contributed by atoms with Crippen LogP contribution in [0.4, 0.5) is 0 Å². The lowest BCUT2D eigenvalue weighted by Gasteiger charge is -2.08. The molecule has 0 spiro atoms. The van der Waals surface area contributed by atoms with Gasteiger partial charge in [0.25, 0.3) is 0 Å². The summed E-state index contributed by atoms with van der Waals surface area (Å²) in [7, 11) is 0. The van der Waals surface area contributed by atoms with E-state index in [1.807, 2.05) is 36.7 Å². The van der Waals surface area contributed by atoms with Crippen LogP contribution in [-0.2, 0) is 6.42 Å². The van der Waals surface area contributed by atoms with Crippen LogP contribution in [-0.4, -0.2) is 19.9 Å². The van der Waals surface area contributed by atoms with Crippen molar-refractivity contribution in [1.82, 2.24) is 19.9 Å². The molecule has 5 nitrogen and oxygen atoms in total. The standard InChI is InChI=1S/C18H17N5/c19-15(9-13-10-21-16-4-2-1-3-14(13)16)18-22-11-17(23-18)12-5-7-20-8-6-12/h1-8,10-11,15,21H,9,19H2,(H,22,23). The highest BCUT2D eigenvalue weighted by Crippen LogP contribution is 2.23. The van der Waals surface area contributed by atoms with Crippen LogP contribution >= 0.6 is 0 Å². The molecule has 3 aromatic heterocycles. The van der Waals surface area contributed by atoms with E-state index in [4.69, 9.17) is 5.73 Å². The molecule has 0 fully saturated rings. The van der Waals surface area contributed by atoms with Gasteiger partial charge in [-0.1, -0.05) is 18.2 Å². The minimum absolute atomic E-state index is 0.176. The molecule has 4 rings (SSSR count). The van der Waals surface area contributed by atoms with E-state index in [-0.39, 0.29) is 6.04 Å². The number of hydrogen-bond donors (Lipinski definition) is 3. The summed E-state index contributed by atoms with van der Waals surface area (Å²) >= 11 is 0. The highest BCUT2D eigenvalue weighted by molar-refractivity contribution is 5.83. The predicted molar refractivity (Wildman–Crippen MR) is 90.7 cm³/mol. The third kappa shape index (κ3) is 2.62. The van der Waals surface area contributed by atoms with Crippen molar-refractivity contribution < 1.29 is 0 Å². The second-order valence-corrected chi connectivity index (χ2v) is 5.59. The molecule has 0 radical (unpaired) electrons. The Kier molecular flexibility index (Phi) is 3.40. The number of aromatic nitrogens is 4. The summed E-state index contributed by atoms with van der Waals surface area (Å²) in [5.41, 5.74) is 10.7. The summed E-state index contributed by atoms with van der Waals surface area (Å²) in [5, 5.41) is 1.21. The van der Waals surface area contributed by atoms with Crippen LogP contribution in [0.2, 0.25) is 0 Å². The van der Waals surface area contributed by atoms with E-state index in [1.165, 1.54) is 10.9 Å². The quantitative estimate of drug-likeness (QED) is 0.541. The molecule has 3 heterocycles. The predicted octanol–water partition coefficient (Wildman–Crippen LogP) is 3.20. The van der Waals surface area contributed by atoms with Crippen LogP contribution in [0, 0.1) is 0 Å². The van der Waals surface area contributed by atoms with Crippen molar-refractivity contribution in [2.75, 3.05) is 0 Å². The summed E-state index contributed by atoms with van der Waals surface area (Å²) < 4.78 is 0. The molecule has 114 valence electrons. The van der Waals surface area contributed by atoms with Crippen LogP contribution in [0.15, 0.2) is 61.2 Å². The number of rotatable bonds is 4. The Labute approximate surface area is 133 Å². The monoisotopic (exact) mass is 303 g/mol. The molecule has 23 heavy (non-hydrogen) atoms. The van der Waals surface area contributed by atoms with Gasteiger partial charge in [-0.25, -0.2) is 4.98 Å². The molecule has 0 aliphatic rings. The second-order valence-electron chi connectivity index (χ2n) is 5.59. The van der Waals surface area contributed by atoms with Gasteiger partial charge in [-0.3, -0.25) is 4.98 Å². The van der Waals surface area contributed by atoms with Crippen molar-refractivity contribution in [3.05, 3.63) is 72.6 Å². The van der Waals surface area contributed by atoms with Crippen molar-refractivity contribution in [1.29, 1.82) is 0 Å². The smallest absolute Gasteiger partial charge is 0.123 e. The maximum absolute atomic E-state index is 6.35. The lowest BCUT2D eigenvalue weighted by Crippen LogP contribution is -2.14. The van der Waals surface area contributed by atoms with Gasteiger partial charge in [0.2, 0.25) is 0 Å². The van der Waals surface area contributed by atoms with Crippen LogP contribution in [0.25, 0.3) is 22.2 Å². The summed E-state index contributed by atoms with van der Waals surface area (Å²) in [6.45, 7) is 0. The van der Waals surface area contributed by atoms with Gasteiger partial charge in [-0.15, -0.1) is 0 Å². The van der Waals surface area contributed by atoms with Crippen molar-refractivity contribution in [2.45, 2.75) is 12.5 Å². The minimum atomic E-state index is -0.176. The average molecular weight is 303 g/mol. The van der Waals surface area contributed by atoms with E-state index in [9.17, 15) is 0 Å². The van der Waals surface area contributed by atoms with Gasteiger partial charge in [-0.05, 0) is 30.2 Å². The topological polar surface area (TPSA) is 83.4 Å². The molecule has 4 aromatic rings. The van der Waals surface area contributed by atoms with E-state index >= 15 is 0 Å². The molecule has 0 bridgehead atoms. The van der Waals surface area contributed by atoms with Crippen LogP contribution in [0.1, 0.15) is 17.4 Å². The number of para-hydroxylation sites is 1. The number of hydrogen-bond acceptors (Lipinski definition) is 3. The Morgan fingerprint density at radius 3 is 2.78 bits per heavy atom. The third-order valence-corrected chi connectivity index (χ3v) is 4.05. The third-order valence-electron chi connectivity index (χ3n) is 4.05. The molecular formula is C18H17N5. The lowest BCUT2D eigenvalue weighted by molar-refractivity contribution is 0.680. The number of nitrogens with two attached hydrogens (primary N) is 1. The second kappa shape index (κ2) is 5.70. The first kappa shape index (κ1) is 13.7. The van der Waals surface area contributed by atoms with Crippen LogP contribution in [0.5, 0.6) is 0 Å². The molecule has 0 aliphatic heterocycles. The Morgan fingerprint density at radius 1 is 1.09 bits per heavy atom. The van der Waals surface area contributed by atoms with E-state index in [0.29, 0.717) is 0 Å².